The van der Waals surface area contributed by atoms with E-state index in [0.29, 0.717) is 12.0 Å². The van der Waals surface area contributed by atoms with E-state index in [4.69, 9.17) is 0 Å². The van der Waals surface area contributed by atoms with Crippen molar-refractivity contribution in [3.05, 3.63) is 24.3 Å². The topological polar surface area (TPSA) is 24.5 Å². The summed E-state index contributed by atoms with van der Waals surface area (Å²) in [4.78, 5) is 2.21. The lowest BCUT2D eigenvalue weighted by atomic mass is 10.0. The average Bonchev–Trinajstić information content (AvgIpc) is 2.63. The van der Waals surface area contributed by atoms with Gasteiger partial charge in [-0.1, -0.05) is 13.8 Å². The second-order valence-corrected chi connectivity index (χ2v) is 5.65. The summed E-state index contributed by atoms with van der Waals surface area (Å²) in [6, 6.07) is 6.49. The van der Waals surface area contributed by atoms with Crippen LogP contribution in [0.4, 0.5) is 18.9 Å². The van der Waals surface area contributed by atoms with Gasteiger partial charge in [-0.05, 0) is 43.1 Å². The van der Waals surface area contributed by atoms with Crippen LogP contribution in [0.1, 0.15) is 20.3 Å². The van der Waals surface area contributed by atoms with Crippen LogP contribution in [0.3, 0.4) is 0 Å². The van der Waals surface area contributed by atoms with Gasteiger partial charge in [-0.2, -0.15) is 0 Å². The Morgan fingerprint density at radius 2 is 1.90 bits per heavy atom. The fourth-order valence-electron chi connectivity index (χ4n) is 2.49. The third-order valence-electron chi connectivity index (χ3n) is 3.67. The van der Waals surface area contributed by atoms with E-state index in [1.165, 1.54) is 12.1 Å². The largest absolute Gasteiger partial charge is 0.573 e. The summed E-state index contributed by atoms with van der Waals surface area (Å²) >= 11 is 0. The van der Waals surface area contributed by atoms with Crippen molar-refractivity contribution in [1.82, 2.24) is 5.32 Å². The summed E-state index contributed by atoms with van der Waals surface area (Å²) < 4.78 is 40.3. The van der Waals surface area contributed by atoms with Crippen LogP contribution in [0.2, 0.25) is 0 Å². The minimum absolute atomic E-state index is 0.181. The van der Waals surface area contributed by atoms with E-state index in [0.717, 1.165) is 31.7 Å². The van der Waals surface area contributed by atoms with Gasteiger partial charge >= 0.3 is 6.36 Å². The number of ether oxygens (including phenoxy) is 1. The maximum atomic E-state index is 12.1. The van der Waals surface area contributed by atoms with E-state index in [-0.39, 0.29) is 5.75 Å². The number of halogens is 3. The van der Waals surface area contributed by atoms with Crippen molar-refractivity contribution in [2.75, 3.05) is 24.5 Å². The van der Waals surface area contributed by atoms with Gasteiger partial charge in [-0.3, -0.25) is 0 Å². The average molecular weight is 302 g/mol. The molecule has 0 bridgehead atoms. The Hall–Kier alpha value is -1.43. The quantitative estimate of drug-likeness (QED) is 0.926. The summed E-state index contributed by atoms with van der Waals surface area (Å²) in [6.45, 7) is 7.06. The highest BCUT2D eigenvalue weighted by Crippen LogP contribution is 2.26. The highest BCUT2D eigenvalue weighted by atomic mass is 19.4. The normalized spacial score (nSPS) is 20.5. The predicted octanol–water partition coefficient (Wildman–Crippen LogP) is 3.41. The molecule has 21 heavy (non-hydrogen) atoms. The Balaban J connectivity index is 2.06. The second-order valence-electron chi connectivity index (χ2n) is 5.65. The molecule has 0 aliphatic carbocycles. The number of rotatable bonds is 3. The Labute approximate surface area is 123 Å². The maximum Gasteiger partial charge on any atom is 0.573 e. The maximum absolute atomic E-state index is 12.1. The monoisotopic (exact) mass is 302 g/mol. The van der Waals surface area contributed by atoms with Crippen molar-refractivity contribution < 1.29 is 17.9 Å². The van der Waals surface area contributed by atoms with Crippen molar-refractivity contribution >= 4 is 5.69 Å². The summed E-state index contributed by atoms with van der Waals surface area (Å²) in [5, 5.41) is 3.51. The van der Waals surface area contributed by atoms with Gasteiger partial charge in [-0.25, -0.2) is 0 Å². The molecule has 1 aromatic rings. The highest BCUT2D eigenvalue weighted by Gasteiger charge is 2.31. The highest BCUT2D eigenvalue weighted by molar-refractivity contribution is 5.49. The Kier molecular flexibility index (Phi) is 4.98. The van der Waals surface area contributed by atoms with Gasteiger partial charge < -0.3 is 15.0 Å². The Morgan fingerprint density at radius 3 is 2.48 bits per heavy atom. The number of hydrogen-bond acceptors (Lipinski definition) is 3. The molecular weight excluding hydrogens is 281 g/mol. The van der Waals surface area contributed by atoms with Crippen LogP contribution in [-0.4, -0.2) is 32.0 Å². The number of nitrogens with one attached hydrogen (secondary N) is 1. The second kappa shape index (κ2) is 6.56. The molecule has 1 atom stereocenters. The third kappa shape index (κ3) is 4.81. The molecule has 1 N–H and O–H groups in total. The summed E-state index contributed by atoms with van der Waals surface area (Å²) in [6.07, 6.45) is -3.62. The molecule has 0 spiro atoms. The first kappa shape index (κ1) is 15.9. The van der Waals surface area contributed by atoms with Gasteiger partial charge in [-0.15, -0.1) is 13.2 Å². The summed E-state index contributed by atoms with van der Waals surface area (Å²) in [5.74, 6) is 0.332. The van der Waals surface area contributed by atoms with Gasteiger partial charge in [0.05, 0.1) is 0 Å². The molecule has 1 heterocycles. The van der Waals surface area contributed by atoms with Gasteiger partial charge in [0, 0.05) is 24.8 Å². The number of alkyl halides is 3. The van der Waals surface area contributed by atoms with Crippen molar-refractivity contribution in [2.45, 2.75) is 32.7 Å². The molecule has 1 fully saturated rings. The smallest absolute Gasteiger partial charge is 0.406 e. The first-order chi connectivity index (χ1) is 9.85. The molecule has 0 saturated carbocycles. The first-order valence-corrected chi connectivity index (χ1v) is 7.19. The van der Waals surface area contributed by atoms with Crippen LogP contribution < -0.4 is 15.0 Å². The van der Waals surface area contributed by atoms with Crippen LogP contribution in [0.25, 0.3) is 0 Å². The first-order valence-electron chi connectivity index (χ1n) is 7.19. The third-order valence-corrected chi connectivity index (χ3v) is 3.67. The molecule has 2 rings (SSSR count). The van der Waals surface area contributed by atoms with Crippen molar-refractivity contribution in [2.24, 2.45) is 5.92 Å². The zero-order valence-corrected chi connectivity index (χ0v) is 12.3. The fourth-order valence-corrected chi connectivity index (χ4v) is 2.49. The van der Waals surface area contributed by atoms with Crippen LogP contribution >= 0.6 is 0 Å². The van der Waals surface area contributed by atoms with Crippen molar-refractivity contribution in [3.8, 4) is 5.75 Å². The van der Waals surface area contributed by atoms with E-state index in [1.54, 1.807) is 12.1 Å². The standard InChI is InChI=1S/C15H21F3N2O/c1-11(2)14-10-20(9-3-8-19-14)12-4-6-13(7-5-12)21-15(16,17)18/h4-7,11,14,19H,3,8-10H2,1-2H3. The molecule has 3 nitrogen and oxygen atoms in total. The molecule has 0 amide bonds. The molecule has 1 aliphatic heterocycles. The van der Waals surface area contributed by atoms with Gasteiger partial charge in [0.25, 0.3) is 0 Å². The molecule has 6 heteroatoms. The van der Waals surface area contributed by atoms with E-state index in [2.05, 4.69) is 28.8 Å². The summed E-state index contributed by atoms with van der Waals surface area (Å²) in [5.41, 5.74) is 0.930. The fraction of sp³-hybridized carbons (Fsp3) is 0.600. The molecule has 1 unspecified atom stereocenters. The van der Waals surface area contributed by atoms with Gasteiger partial charge in [0.2, 0.25) is 0 Å². The number of anilines is 1. The molecule has 1 aliphatic rings. The minimum atomic E-state index is -4.64. The lowest BCUT2D eigenvalue weighted by Gasteiger charge is -2.28. The Morgan fingerprint density at radius 1 is 1.24 bits per heavy atom. The number of hydrogen-bond donors (Lipinski definition) is 1. The van der Waals surface area contributed by atoms with E-state index in [9.17, 15) is 13.2 Å². The van der Waals surface area contributed by atoms with Crippen molar-refractivity contribution in [3.63, 3.8) is 0 Å². The van der Waals surface area contributed by atoms with Crippen LogP contribution in [-0.2, 0) is 0 Å². The zero-order chi connectivity index (χ0) is 15.5. The van der Waals surface area contributed by atoms with Gasteiger partial charge in [0.15, 0.2) is 0 Å². The number of nitrogens with zero attached hydrogens (tertiary/aromatic N) is 1. The molecular formula is C15H21F3N2O. The minimum Gasteiger partial charge on any atom is -0.406 e. The van der Waals surface area contributed by atoms with Crippen molar-refractivity contribution in [1.29, 1.82) is 0 Å². The predicted molar refractivity (Wildman–Crippen MR) is 76.6 cm³/mol. The van der Waals surface area contributed by atoms with Crippen LogP contribution in [0.5, 0.6) is 5.75 Å². The molecule has 1 aromatic carbocycles. The Bertz CT molecular complexity index is 445. The molecule has 0 radical (unpaired) electrons. The van der Waals surface area contributed by atoms with E-state index >= 15 is 0 Å². The zero-order valence-electron chi connectivity index (χ0n) is 12.3. The molecule has 118 valence electrons. The van der Waals surface area contributed by atoms with Gasteiger partial charge in [0.1, 0.15) is 5.75 Å². The lowest BCUT2D eigenvalue weighted by molar-refractivity contribution is -0.274. The lowest BCUT2D eigenvalue weighted by Crippen LogP contribution is -2.41. The van der Waals surface area contributed by atoms with E-state index in [1.807, 2.05) is 0 Å². The SMILES string of the molecule is CC(C)C1CN(c2ccc(OC(F)(F)F)cc2)CCCN1. The van der Waals surface area contributed by atoms with Crippen LogP contribution in [0.15, 0.2) is 24.3 Å². The summed E-state index contributed by atoms with van der Waals surface area (Å²) in [7, 11) is 0. The van der Waals surface area contributed by atoms with E-state index < -0.39 is 6.36 Å². The van der Waals surface area contributed by atoms with Crippen LogP contribution in [0, 0.1) is 5.92 Å². The molecule has 1 saturated heterocycles. The molecule has 0 aromatic heterocycles. The number of benzene rings is 1.